The highest BCUT2D eigenvalue weighted by molar-refractivity contribution is 5.42. The molecule has 0 amide bonds. The van der Waals surface area contributed by atoms with E-state index in [0.29, 0.717) is 0 Å². The molecule has 2 aromatic rings. The summed E-state index contributed by atoms with van der Waals surface area (Å²) in [5, 5.41) is 0. The van der Waals surface area contributed by atoms with Crippen molar-refractivity contribution in [3.63, 3.8) is 0 Å². The van der Waals surface area contributed by atoms with Gasteiger partial charge in [-0.25, -0.2) is 0 Å². The van der Waals surface area contributed by atoms with E-state index in [1.165, 1.54) is 5.56 Å². The second-order valence-electron chi connectivity index (χ2n) is 4.06. The zero-order chi connectivity index (χ0) is 11.5. The molecule has 2 aromatic carbocycles. The van der Waals surface area contributed by atoms with Gasteiger partial charge in [0.1, 0.15) is 0 Å². The van der Waals surface area contributed by atoms with E-state index in [0.717, 1.165) is 16.8 Å². The molecule has 1 atom stereocenters. The Labute approximate surface area is 95.9 Å². The van der Waals surface area contributed by atoms with Gasteiger partial charge >= 0.3 is 0 Å². The second-order valence-corrected chi connectivity index (χ2v) is 4.06. The van der Waals surface area contributed by atoms with Crippen molar-refractivity contribution in [3.05, 3.63) is 65.2 Å². The van der Waals surface area contributed by atoms with Gasteiger partial charge in [-0.15, -0.1) is 0 Å². The standard InChI is InChI=1S/C14H16N2/c1-10-3-2-4-12(9-10)14(16)11-5-7-13(15)8-6-11/h2-9,14H,15-16H2,1H3. The summed E-state index contributed by atoms with van der Waals surface area (Å²) in [4.78, 5) is 0. The van der Waals surface area contributed by atoms with Crippen LogP contribution in [0.25, 0.3) is 0 Å². The largest absolute Gasteiger partial charge is 0.399 e. The zero-order valence-electron chi connectivity index (χ0n) is 9.35. The van der Waals surface area contributed by atoms with Crippen molar-refractivity contribution in [1.29, 1.82) is 0 Å². The van der Waals surface area contributed by atoms with Gasteiger partial charge in [0, 0.05) is 5.69 Å². The molecule has 0 spiro atoms. The fraction of sp³-hybridized carbons (Fsp3) is 0.143. The maximum atomic E-state index is 6.19. The van der Waals surface area contributed by atoms with Crippen LogP contribution in [0, 0.1) is 6.92 Å². The number of benzene rings is 2. The molecule has 0 aromatic heterocycles. The van der Waals surface area contributed by atoms with Gasteiger partial charge in [0.15, 0.2) is 0 Å². The first-order chi connectivity index (χ1) is 7.66. The van der Waals surface area contributed by atoms with Gasteiger partial charge in [-0.2, -0.15) is 0 Å². The van der Waals surface area contributed by atoms with Gasteiger partial charge in [0.05, 0.1) is 6.04 Å². The van der Waals surface area contributed by atoms with E-state index in [4.69, 9.17) is 11.5 Å². The summed E-state index contributed by atoms with van der Waals surface area (Å²) < 4.78 is 0. The summed E-state index contributed by atoms with van der Waals surface area (Å²) in [5.74, 6) is 0. The van der Waals surface area contributed by atoms with Crippen LogP contribution in [0.4, 0.5) is 5.69 Å². The fourth-order valence-corrected chi connectivity index (χ4v) is 1.76. The predicted octanol–water partition coefficient (Wildman–Crippen LogP) is 2.63. The van der Waals surface area contributed by atoms with Crippen molar-refractivity contribution in [3.8, 4) is 0 Å². The first-order valence-electron chi connectivity index (χ1n) is 5.34. The van der Waals surface area contributed by atoms with E-state index in [-0.39, 0.29) is 6.04 Å². The Kier molecular flexibility index (Phi) is 2.93. The Balaban J connectivity index is 2.31. The van der Waals surface area contributed by atoms with Gasteiger partial charge in [0.2, 0.25) is 0 Å². The molecule has 0 aliphatic heterocycles. The maximum absolute atomic E-state index is 6.19. The zero-order valence-corrected chi connectivity index (χ0v) is 9.35. The number of nitrogens with two attached hydrogens (primary N) is 2. The average Bonchev–Trinajstić information content (AvgIpc) is 2.29. The Hall–Kier alpha value is -1.80. The number of hydrogen-bond acceptors (Lipinski definition) is 2. The van der Waals surface area contributed by atoms with Crippen molar-refractivity contribution >= 4 is 5.69 Å². The van der Waals surface area contributed by atoms with Crippen molar-refractivity contribution in [2.75, 3.05) is 5.73 Å². The van der Waals surface area contributed by atoms with Gasteiger partial charge in [-0.3, -0.25) is 0 Å². The Morgan fingerprint density at radius 1 is 0.938 bits per heavy atom. The predicted molar refractivity (Wildman–Crippen MR) is 68.1 cm³/mol. The van der Waals surface area contributed by atoms with Crippen LogP contribution in [0.5, 0.6) is 0 Å². The minimum absolute atomic E-state index is 0.0829. The van der Waals surface area contributed by atoms with Gasteiger partial charge in [0.25, 0.3) is 0 Å². The molecular formula is C14H16N2. The average molecular weight is 212 g/mol. The van der Waals surface area contributed by atoms with Crippen molar-refractivity contribution in [2.45, 2.75) is 13.0 Å². The summed E-state index contributed by atoms with van der Waals surface area (Å²) in [6.07, 6.45) is 0. The van der Waals surface area contributed by atoms with Crippen molar-refractivity contribution in [1.82, 2.24) is 0 Å². The molecule has 0 fully saturated rings. The number of anilines is 1. The molecule has 2 heteroatoms. The van der Waals surface area contributed by atoms with Crippen LogP contribution in [0.2, 0.25) is 0 Å². The fourth-order valence-electron chi connectivity index (χ4n) is 1.76. The molecule has 0 heterocycles. The molecular weight excluding hydrogens is 196 g/mol. The van der Waals surface area contributed by atoms with E-state index in [9.17, 15) is 0 Å². The summed E-state index contributed by atoms with van der Waals surface area (Å²) >= 11 is 0. The summed E-state index contributed by atoms with van der Waals surface area (Å²) in [7, 11) is 0. The quantitative estimate of drug-likeness (QED) is 0.752. The second kappa shape index (κ2) is 4.37. The number of hydrogen-bond donors (Lipinski definition) is 2. The van der Waals surface area contributed by atoms with E-state index in [1.807, 2.05) is 36.4 Å². The highest BCUT2D eigenvalue weighted by atomic mass is 14.6. The first kappa shape index (κ1) is 10.7. The molecule has 16 heavy (non-hydrogen) atoms. The molecule has 2 nitrogen and oxygen atoms in total. The summed E-state index contributed by atoms with van der Waals surface area (Å²) in [5.41, 5.74) is 16.0. The molecule has 82 valence electrons. The normalized spacial score (nSPS) is 12.4. The Bertz CT molecular complexity index is 474. The Morgan fingerprint density at radius 3 is 2.25 bits per heavy atom. The lowest BCUT2D eigenvalue weighted by molar-refractivity contribution is 0.870. The van der Waals surface area contributed by atoms with Crippen molar-refractivity contribution in [2.24, 2.45) is 5.73 Å². The molecule has 2 rings (SSSR count). The van der Waals surface area contributed by atoms with Crippen LogP contribution in [-0.2, 0) is 0 Å². The maximum Gasteiger partial charge on any atom is 0.0551 e. The minimum atomic E-state index is -0.0829. The van der Waals surface area contributed by atoms with Gasteiger partial charge in [-0.05, 0) is 30.2 Å². The third kappa shape index (κ3) is 2.23. The highest BCUT2D eigenvalue weighted by Crippen LogP contribution is 2.21. The molecule has 4 N–H and O–H groups in total. The lowest BCUT2D eigenvalue weighted by Crippen LogP contribution is -2.11. The van der Waals surface area contributed by atoms with Gasteiger partial charge < -0.3 is 11.5 Å². The topological polar surface area (TPSA) is 52.0 Å². The minimum Gasteiger partial charge on any atom is -0.399 e. The van der Waals surface area contributed by atoms with E-state index in [2.05, 4.69) is 19.1 Å². The van der Waals surface area contributed by atoms with Crippen molar-refractivity contribution < 1.29 is 0 Å². The molecule has 0 bridgehead atoms. The third-order valence-corrected chi connectivity index (χ3v) is 2.70. The van der Waals surface area contributed by atoms with Gasteiger partial charge in [-0.1, -0.05) is 42.0 Å². The number of rotatable bonds is 2. The van der Waals surface area contributed by atoms with Crippen LogP contribution in [-0.4, -0.2) is 0 Å². The molecule has 0 saturated carbocycles. The summed E-state index contributed by atoms with van der Waals surface area (Å²) in [6.45, 7) is 2.07. The van der Waals surface area contributed by atoms with Crippen LogP contribution in [0.1, 0.15) is 22.7 Å². The third-order valence-electron chi connectivity index (χ3n) is 2.70. The van der Waals surface area contributed by atoms with Crippen LogP contribution in [0.15, 0.2) is 48.5 Å². The van der Waals surface area contributed by atoms with E-state index < -0.39 is 0 Å². The van der Waals surface area contributed by atoms with Crippen LogP contribution >= 0.6 is 0 Å². The van der Waals surface area contributed by atoms with Crippen LogP contribution < -0.4 is 11.5 Å². The molecule has 0 radical (unpaired) electrons. The number of aryl methyl sites for hydroxylation is 1. The first-order valence-corrected chi connectivity index (χ1v) is 5.34. The molecule has 0 aliphatic rings. The number of nitrogen functional groups attached to an aromatic ring is 1. The van der Waals surface area contributed by atoms with Crippen LogP contribution in [0.3, 0.4) is 0 Å². The molecule has 1 unspecified atom stereocenters. The van der Waals surface area contributed by atoms with E-state index >= 15 is 0 Å². The lowest BCUT2D eigenvalue weighted by Gasteiger charge is -2.13. The lowest BCUT2D eigenvalue weighted by atomic mass is 9.98. The SMILES string of the molecule is Cc1cccc(C(N)c2ccc(N)cc2)c1. The van der Waals surface area contributed by atoms with E-state index in [1.54, 1.807) is 0 Å². The Morgan fingerprint density at radius 2 is 1.62 bits per heavy atom. The molecule has 0 aliphatic carbocycles. The highest BCUT2D eigenvalue weighted by Gasteiger charge is 2.08. The smallest absolute Gasteiger partial charge is 0.0551 e. The summed E-state index contributed by atoms with van der Waals surface area (Å²) in [6, 6.07) is 15.9. The molecule has 0 saturated heterocycles. The monoisotopic (exact) mass is 212 g/mol.